The lowest BCUT2D eigenvalue weighted by Gasteiger charge is -2.39. The van der Waals surface area contributed by atoms with Crippen LogP contribution in [-0.4, -0.2) is 12.6 Å². The molecule has 2 saturated carbocycles. The van der Waals surface area contributed by atoms with Crippen LogP contribution in [0.15, 0.2) is 0 Å². The zero-order valence-corrected chi connectivity index (χ0v) is 12.7. The second-order valence-corrected chi connectivity index (χ2v) is 8.19. The molecule has 1 N–H and O–H groups in total. The van der Waals surface area contributed by atoms with Crippen molar-refractivity contribution in [2.45, 2.75) is 73.3 Å². The van der Waals surface area contributed by atoms with Gasteiger partial charge in [0.05, 0.1) is 0 Å². The smallest absolute Gasteiger partial charge is 0.0118 e. The van der Waals surface area contributed by atoms with Crippen LogP contribution in [0.4, 0.5) is 0 Å². The maximum atomic E-state index is 3.89. The van der Waals surface area contributed by atoms with E-state index in [0.29, 0.717) is 16.2 Å². The van der Waals surface area contributed by atoms with E-state index in [2.05, 4.69) is 46.9 Å². The molecule has 0 bridgehead atoms. The Labute approximate surface area is 108 Å². The van der Waals surface area contributed by atoms with E-state index < -0.39 is 0 Å². The quantitative estimate of drug-likeness (QED) is 0.774. The third-order valence-corrected chi connectivity index (χ3v) is 6.40. The minimum Gasteiger partial charge on any atom is -0.313 e. The summed E-state index contributed by atoms with van der Waals surface area (Å²) in [5, 5.41) is 3.89. The zero-order chi connectivity index (χ0) is 12.9. The molecule has 2 aliphatic carbocycles. The second-order valence-electron chi connectivity index (χ2n) is 8.19. The van der Waals surface area contributed by atoms with Crippen molar-refractivity contribution in [2.75, 3.05) is 6.54 Å². The minimum atomic E-state index is 0.501. The van der Waals surface area contributed by atoms with Crippen molar-refractivity contribution in [3.05, 3.63) is 0 Å². The average Bonchev–Trinajstić information content (AvgIpc) is 2.57. The van der Waals surface area contributed by atoms with Gasteiger partial charge in [-0.05, 0) is 41.5 Å². The molecule has 0 aromatic heterocycles. The van der Waals surface area contributed by atoms with Crippen molar-refractivity contribution in [2.24, 2.45) is 22.2 Å². The first kappa shape index (κ1) is 13.4. The van der Waals surface area contributed by atoms with Gasteiger partial charge in [0.1, 0.15) is 0 Å². The Morgan fingerprint density at radius 2 is 1.53 bits per heavy atom. The summed E-state index contributed by atoms with van der Waals surface area (Å²) in [5.74, 6) is 0.854. The number of hydrogen-bond acceptors (Lipinski definition) is 1. The van der Waals surface area contributed by atoms with Crippen molar-refractivity contribution in [1.29, 1.82) is 0 Å². The molecule has 100 valence electrons. The highest BCUT2D eigenvalue weighted by Crippen LogP contribution is 2.68. The molecule has 0 aliphatic heterocycles. The lowest BCUT2D eigenvalue weighted by atomic mass is 9.73. The summed E-state index contributed by atoms with van der Waals surface area (Å²) in [6, 6.07) is 0.739. The zero-order valence-electron chi connectivity index (χ0n) is 12.7. The van der Waals surface area contributed by atoms with E-state index in [9.17, 15) is 0 Å². The molecule has 2 rings (SSSR count). The molecular weight excluding hydrogens is 206 g/mol. The topological polar surface area (TPSA) is 12.0 Å². The van der Waals surface area contributed by atoms with Crippen LogP contribution in [0.3, 0.4) is 0 Å². The molecule has 0 spiro atoms. The highest BCUT2D eigenvalue weighted by Gasteiger charge is 2.64. The van der Waals surface area contributed by atoms with Gasteiger partial charge in [0.25, 0.3) is 0 Å². The maximum Gasteiger partial charge on any atom is 0.0118 e. The molecule has 1 nitrogen and oxygen atoms in total. The third kappa shape index (κ3) is 2.16. The molecule has 0 amide bonds. The summed E-state index contributed by atoms with van der Waals surface area (Å²) in [6.45, 7) is 15.8. The fourth-order valence-corrected chi connectivity index (χ4v) is 3.98. The summed E-state index contributed by atoms with van der Waals surface area (Å²) in [6.07, 6.45) is 5.60. The standard InChI is InChI=1S/C16H31N/c1-14(2)10-8-7-9-13(14)17-11-12-15(3,4)16(12,5)6/h12-13,17H,7-11H2,1-6H3. The second kappa shape index (κ2) is 3.98. The van der Waals surface area contributed by atoms with Crippen LogP contribution in [-0.2, 0) is 0 Å². The molecule has 0 aromatic rings. The number of rotatable bonds is 3. The van der Waals surface area contributed by atoms with Gasteiger partial charge in [0.15, 0.2) is 0 Å². The highest BCUT2D eigenvalue weighted by molar-refractivity contribution is 5.13. The van der Waals surface area contributed by atoms with Crippen LogP contribution < -0.4 is 5.32 Å². The molecular formula is C16H31N. The molecule has 0 radical (unpaired) electrons. The van der Waals surface area contributed by atoms with Gasteiger partial charge in [-0.1, -0.05) is 54.4 Å². The van der Waals surface area contributed by atoms with E-state index in [1.807, 2.05) is 0 Å². The van der Waals surface area contributed by atoms with Crippen LogP contribution in [0.2, 0.25) is 0 Å². The molecule has 1 heteroatoms. The molecule has 1 atom stereocenters. The van der Waals surface area contributed by atoms with E-state index in [0.717, 1.165) is 12.0 Å². The maximum absolute atomic E-state index is 3.89. The van der Waals surface area contributed by atoms with Gasteiger partial charge < -0.3 is 5.32 Å². The summed E-state index contributed by atoms with van der Waals surface area (Å²) < 4.78 is 0. The van der Waals surface area contributed by atoms with Crippen molar-refractivity contribution >= 4 is 0 Å². The van der Waals surface area contributed by atoms with E-state index in [1.54, 1.807) is 0 Å². The van der Waals surface area contributed by atoms with Crippen molar-refractivity contribution in [3.8, 4) is 0 Å². The van der Waals surface area contributed by atoms with Crippen LogP contribution in [0.1, 0.15) is 67.2 Å². The number of hydrogen-bond donors (Lipinski definition) is 1. The Bertz CT molecular complexity index is 274. The summed E-state index contributed by atoms with van der Waals surface area (Å²) in [4.78, 5) is 0. The molecule has 1 unspecified atom stereocenters. The molecule has 0 saturated heterocycles. The summed E-state index contributed by atoms with van der Waals surface area (Å²) >= 11 is 0. The van der Waals surface area contributed by atoms with Crippen molar-refractivity contribution in [3.63, 3.8) is 0 Å². The largest absolute Gasteiger partial charge is 0.313 e. The Morgan fingerprint density at radius 3 is 2.00 bits per heavy atom. The van der Waals surface area contributed by atoms with Gasteiger partial charge in [0.2, 0.25) is 0 Å². The van der Waals surface area contributed by atoms with Gasteiger partial charge in [-0.3, -0.25) is 0 Å². The van der Waals surface area contributed by atoms with Crippen molar-refractivity contribution in [1.82, 2.24) is 5.32 Å². The number of nitrogens with one attached hydrogen (secondary N) is 1. The Morgan fingerprint density at radius 1 is 0.941 bits per heavy atom. The fraction of sp³-hybridized carbons (Fsp3) is 1.00. The Hall–Kier alpha value is -0.0400. The van der Waals surface area contributed by atoms with Gasteiger partial charge in [0, 0.05) is 6.04 Å². The van der Waals surface area contributed by atoms with Crippen LogP contribution in [0.25, 0.3) is 0 Å². The Balaban J connectivity index is 1.87. The normalized spacial score (nSPS) is 34.6. The molecule has 2 fully saturated rings. The first-order valence-corrected chi connectivity index (χ1v) is 7.43. The Kier molecular flexibility index (Phi) is 3.14. The molecule has 0 aromatic carbocycles. The fourth-order valence-electron chi connectivity index (χ4n) is 3.98. The average molecular weight is 237 g/mol. The summed E-state index contributed by atoms with van der Waals surface area (Å²) in [5.41, 5.74) is 1.55. The van der Waals surface area contributed by atoms with Gasteiger partial charge in [-0.2, -0.15) is 0 Å². The first-order valence-electron chi connectivity index (χ1n) is 7.43. The molecule has 2 aliphatic rings. The van der Waals surface area contributed by atoms with E-state index in [4.69, 9.17) is 0 Å². The third-order valence-electron chi connectivity index (χ3n) is 6.40. The van der Waals surface area contributed by atoms with Crippen LogP contribution >= 0.6 is 0 Å². The van der Waals surface area contributed by atoms with Crippen LogP contribution in [0, 0.1) is 22.2 Å². The minimum absolute atomic E-state index is 0.501. The SMILES string of the molecule is CC1(C)CCCCC1NCC1C(C)(C)C1(C)C. The predicted molar refractivity (Wildman–Crippen MR) is 75.1 cm³/mol. The van der Waals surface area contributed by atoms with E-state index >= 15 is 0 Å². The lowest BCUT2D eigenvalue weighted by molar-refractivity contribution is 0.165. The molecule has 17 heavy (non-hydrogen) atoms. The molecule has 0 heterocycles. The van der Waals surface area contributed by atoms with E-state index in [1.165, 1.54) is 32.2 Å². The highest BCUT2D eigenvalue weighted by atomic mass is 15.0. The van der Waals surface area contributed by atoms with Crippen molar-refractivity contribution < 1.29 is 0 Å². The predicted octanol–water partition coefficient (Wildman–Crippen LogP) is 4.23. The monoisotopic (exact) mass is 237 g/mol. The van der Waals surface area contributed by atoms with Crippen LogP contribution in [0.5, 0.6) is 0 Å². The van der Waals surface area contributed by atoms with Gasteiger partial charge in [-0.15, -0.1) is 0 Å². The first-order chi connectivity index (χ1) is 7.69. The van der Waals surface area contributed by atoms with Gasteiger partial charge >= 0.3 is 0 Å². The van der Waals surface area contributed by atoms with Gasteiger partial charge in [-0.25, -0.2) is 0 Å². The lowest BCUT2D eigenvalue weighted by Crippen LogP contribution is -2.45. The van der Waals surface area contributed by atoms with E-state index in [-0.39, 0.29) is 0 Å². The summed E-state index contributed by atoms with van der Waals surface area (Å²) in [7, 11) is 0.